The molecular formula is C16H18N2O. The molecule has 2 rings (SSSR count). The van der Waals surface area contributed by atoms with Crippen LogP contribution in [0.1, 0.15) is 18.1 Å². The van der Waals surface area contributed by atoms with Crippen molar-refractivity contribution < 1.29 is 5.21 Å². The lowest BCUT2D eigenvalue weighted by Gasteiger charge is -2.23. The van der Waals surface area contributed by atoms with Gasteiger partial charge in [0.25, 0.3) is 0 Å². The Hall–Kier alpha value is -2.29. The van der Waals surface area contributed by atoms with E-state index in [4.69, 9.17) is 5.21 Å². The Labute approximate surface area is 113 Å². The molecule has 0 fully saturated rings. The van der Waals surface area contributed by atoms with Gasteiger partial charge < -0.3 is 10.1 Å². The summed E-state index contributed by atoms with van der Waals surface area (Å²) in [6.45, 7) is 3.99. The van der Waals surface area contributed by atoms with E-state index in [2.05, 4.69) is 41.2 Å². The molecule has 19 heavy (non-hydrogen) atoms. The zero-order valence-electron chi connectivity index (χ0n) is 11.0. The maximum absolute atomic E-state index is 8.50. The molecule has 0 radical (unpaired) electrons. The van der Waals surface area contributed by atoms with Crippen LogP contribution in [0.15, 0.2) is 59.8 Å². The summed E-state index contributed by atoms with van der Waals surface area (Å²) in [7, 11) is 0. The zero-order chi connectivity index (χ0) is 13.5. The van der Waals surface area contributed by atoms with E-state index in [0.29, 0.717) is 0 Å². The molecule has 1 N–H and O–H groups in total. The Kier molecular flexibility index (Phi) is 4.56. The topological polar surface area (TPSA) is 35.8 Å². The number of oxime groups is 1. The second-order valence-electron chi connectivity index (χ2n) is 4.34. The third-order valence-corrected chi connectivity index (χ3v) is 3.06. The van der Waals surface area contributed by atoms with Crippen molar-refractivity contribution in [2.45, 2.75) is 13.5 Å². The summed E-state index contributed by atoms with van der Waals surface area (Å²) < 4.78 is 0. The molecule has 0 saturated carbocycles. The van der Waals surface area contributed by atoms with Gasteiger partial charge in [0, 0.05) is 18.8 Å². The van der Waals surface area contributed by atoms with Crippen LogP contribution in [0.5, 0.6) is 0 Å². The van der Waals surface area contributed by atoms with E-state index in [-0.39, 0.29) is 0 Å². The molecule has 2 aromatic carbocycles. The first-order valence-corrected chi connectivity index (χ1v) is 6.40. The molecule has 0 spiro atoms. The Balaban J connectivity index is 2.13. The largest absolute Gasteiger partial charge is 0.411 e. The first-order chi connectivity index (χ1) is 9.33. The Morgan fingerprint density at radius 2 is 1.74 bits per heavy atom. The molecule has 3 heteroatoms. The number of rotatable bonds is 5. The summed E-state index contributed by atoms with van der Waals surface area (Å²) in [5.74, 6) is 0. The van der Waals surface area contributed by atoms with Gasteiger partial charge in [0.2, 0.25) is 0 Å². The molecule has 0 amide bonds. The summed E-state index contributed by atoms with van der Waals surface area (Å²) in [6.07, 6.45) is 1.43. The van der Waals surface area contributed by atoms with Gasteiger partial charge in [0.15, 0.2) is 0 Å². The SMILES string of the molecule is CCN(Cc1ccccc1)c1ccc(/C=N\O)cc1. The standard InChI is InChI=1S/C16H18N2O/c1-2-18(13-15-6-4-3-5-7-15)16-10-8-14(9-11-16)12-17-19/h3-12,19H,2,13H2,1H3/b17-12-. The third kappa shape index (κ3) is 3.58. The predicted octanol–water partition coefficient (Wildman–Crippen LogP) is 3.52. The Morgan fingerprint density at radius 3 is 2.32 bits per heavy atom. The van der Waals surface area contributed by atoms with Gasteiger partial charge in [-0.1, -0.05) is 47.6 Å². The number of hydrogen-bond acceptors (Lipinski definition) is 3. The van der Waals surface area contributed by atoms with Gasteiger partial charge in [0.1, 0.15) is 0 Å². The van der Waals surface area contributed by atoms with Crippen molar-refractivity contribution in [3.63, 3.8) is 0 Å². The maximum atomic E-state index is 8.50. The van der Waals surface area contributed by atoms with E-state index in [9.17, 15) is 0 Å². The van der Waals surface area contributed by atoms with Crippen molar-refractivity contribution in [3.05, 3.63) is 65.7 Å². The van der Waals surface area contributed by atoms with Crippen molar-refractivity contribution in [2.24, 2.45) is 5.16 Å². The van der Waals surface area contributed by atoms with Crippen LogP contribution >= 0.6 is 0 Å². The number of benzene rings is 2. The highest BCUT2D eigenvalue weighted by Crippen LogP contribution is 2.17. The summed E-state index contributed by atoms with van der Waals surface area (Å²) in [6, 6.07) is 18.4. The molecule has 0 aliphatic rings. The van der Waals surface area contributed by atoms with E-state index in [1.807, 2.05) is 30.3 Å². The molecule has 0 saturated heterocycles. The second kappa shape index (κ2) is 6.59. The van der Waals surface area contributed by atoms with Crippen LogP contribution in [0, 0.1) is 0 Å². The minimum absolute atomic E-state index is 0.891. The zero-order valence-corrected chi connectivity index (χ0v) is 11.0. The number of nitrogens with zero attached hydrogens (tertiary/aromatic N) is 2. The van der Waals surface area contributed by atoms with Crippen LogP contribution < -0.4 is 4.90 Å². The van der Waals surface area contributed by atoms with Gasteiger partial charge in [-0.15, -0.1) is 0 Å². The van der Waals surface area contributed by atoms with Gasteiger partial charge in [-0.3, -0.25) is 0 Å². The highest BCUT2D eigenvalue weighted by atomic mass is 16.4. The molecule has 98 valence electrons. The lowest BCUT2D eigenvalue weighted by atomic mass is 10.1. The molecule has 3 nitrogen and oxygen atoms in total. The Bertz CT molecular complexity index is 520. The molecule has 0 aliphatic heterocycles. The average molecular weight is 254 g/mol. The summed E-state index contributed by atoms with van der Waals surface area (Å²) in [4.78, 5) is 2.30. The van der Waals surface area contributed by atoms with Gasteiger partial charge in [0.05, 0.1) is 6.21 Å². The molecule has 0 aromatic heterocycles. The van der Waals surface area contributed by atoms with Crippen molar-refractivity contribution in [3.8, 4) is 0 Å². The van der Waals surface area contributed by atoms with Crippen LogP contribution in [0.2, 0.25) is 0 Å². The minimum atomic E-state index is 0.891. The fourth-order valence-electron chi connectivity index (χ4n) is 2.03. The molecule has 0 bridgehead atoms. The number of hydrogen-bond donors (Lipinski definition) is 1. The van der Waals surface area contributed by atoms with Gasteiger partial charge in [-0.05, 0) is 30.2 Å². The van der Waals surface area contributed by atoms with E-state index in [1.54, 1.807) is 0 Å². The molecular weight excluding hydrogens is 236 g/mol. The molecule has 0 unspecified atom stereocenters. The summed E-state index contributed by atoms with van der Waals surface area (Å²) >= 11 is 0. The Morgan fingerprint density at radius 1 is 1.05 bits per heavy atom. The molecule has 0 aliphatic carbocycles. The normalized spacial score (nSPS) is 10.8. The highest BCUT2D eigenvalue weighted by Gasteiger charge is 2.04. The van der Waals surface area contributed by atoms with E-state index in [1.165, 1.54) is 17.5 Å². The van der Waals surface area contributed by atoms with Crippen molar-refractivity contribution in [1.82, 2.24) is 0 Å². The van der Waals surface area contributed by atoms with Crippen molar-refractivity contribution in [2.75, 3.05) is 11.4 Å². The lowest BCUT2D eigenvalue weighted by molar-refractivity contribution is 0.322. The van der Waals surface area contributed by atoms with E-state index in [0.717, 1.165) is 18.7 Å². The predicted molar refractivity (Wildman–Crippen MR) is 79.0 cm³/mol. The first-order valence-electron chi connectivity index (χ1n) is 6.40. The highest BCUT2D eigenvalue weighted by molar-refractivity contribution is 5.79. The summed E-state index contributed by atoms with van der Waals surface area (Å²) in [5, 5.41) is 11.5. The minimum Gasteiger partial charge on any atom is -0.411 e. The van der Waals surface area contributed by atoms with Crippen molar-refractivity contribution in [1.29, 1.82) is 0 Å². The molecule has 0 atom stereocenters. The van der Waals surface area contributed by atoms with Gasteiger partial charge in [-0.25, -0.2) is 0 Å². The van der Waals surface area contributed by atoms with Gasteiger partial charge >= 0.3 is 0 Å². The summed E-state index contributed by atoms with van der Waals surface area (Å²) in [5.41, 5.74) is 3.36. The van der Waals surface area contributed by atoms with E-state index < -0.39 is 0 Å². The lowest BCUT2D eigenvalue weighted by Crippen LogP contribution is -2.21. The van der Waals surface area contributed by atoms with Crippen LogP contribution in [-0.4, -0.2) is 18.0 Å². The van der Waals surface area contributed by atoms with Gasteiger partial charge in [-0.2, -0.15) is 0 Å². The smallest absolute Gasteiger partial charge is 0.0733 e. The maximum Gasteiger partial charge on any atom is 0.0733 e. The van der Waals surface area contributed by atoms with E-state index >= 15 is 0 Å². The molecule has 0 heterocycles. The van der Waals surface area contributed by atoms with Crippen molar-refractivity contribution >= 4 is 11.9 Å². The van der Waals surface area contributed by atoms with Crippen LogP contribution in [0.4, 0.5) is 5.69 Å². The van der Waals surface area contributed by atoms with Crippen LogP contribution in [-0.2, 0) is 6.54 Å². The molecule has 2 aromatic rings. The third-order valence-electron chi connectivity index (χ3n) is 3.06. The average Bonchev–Trinajstić information content (AvgIpc) is 2.47. The van der Waals surface area contributed by atoms with Crippen LogP contribution in [0.25, 0.3) is 0 Å². The fraction of sp³-hybridized carbons (Fsp3) is 0.188. The van der Waals surface area contributed by atoms with Crippen LogP contribution in [0.3, 0.4) is 0 Å². The number of anilines is 1. The second-order valence-corrected chi connectivity index (χ2v) is 4.34. The quantitative estimate of drug-likeness (QED) is 0.503. The monoisotopic (exact) mass is 254 g/mol. The first kappa shape index (κ1) is 13.1. The fourth-order valence-corrected chi connectivity index (χ4v) is 2.03.